The van der Waals surface area contributed by atoms with Gasteiger partial charge in [0.05, 0.1) is 19.2 Å². The van der Waals surface area contributed by atoms with Crippen molar-refractivity contribution in [3.05, 3.63) is 75.8 Å². The number of aromatic carboxylic acids is 1. The number of hydrogen-bond donors (Lipinski definition) is 1. The van der Waals surface area contributed by atoms with E-state index in [1.165, 1.54) is 6.07 Å². The summed E-state index contributed by atoms with van der Waals surface area (Å²) in [6.07, 6.45) is 1.57. The summed E-state index contributed by atoms with van der Waals surface area (Å²) in [4.78, 5) is 19.0. The molecule has 2 aromatic heterocycles. The molecular weight excluding hydrogens is 490 g/mol. The maximum absolute atomic E-state index is 11.0. The van der Waals surface area contributed by atoms with Gasteiger partial charge in [0.15, 0.2) is 5.69 Å². The second-order valence-electron chi connectivity index (χ2n) is 7.40. The summed E-state index contributed by atoms with van der Waals surface area (Å²) in [5.41, 5.74) is 2.63. The van der Waals surface area contributed by atoms with Gasteiger partial charge in [-0.1, -0.05) is 27.2 Å². The van der Waals surface area contributed by atoms with E-state index in [2.05, 4.69) is 36.0 Å². The zero-order chi connectivity index (χ0) is 23.5. The molecule has 0 atom stereocenters. The van der Waals surface area contributed by atoms with Crippen LogP contribution in [0.15, 0.2) is 57.7 Å². The van der Waals surface area contributed by atoms with E-state index in [1.807, 2.05) is 32.0 Å². The van der Waals surface area contributed by atoms with Gasteiger partial charge in [-0.15, -0.1) is 0 Å². The summed E-state index contributed by atoms with van der Waals surface area (Å²) >= 11 is 3.54. The summed E-state index contributed by atoms with van der Waals surface area (Å²) < 4.78 is 13.4. The molecule has 0 aliphatic carbocycles. The molecule has 2 aromatic carbocycles. The smallest absolute Gasteiger partial charge is 0.356 e. The number of halogens is 1. The van der Waals surface area contributed by atoms with Crippen LogP contribution in [0.1, 0.15) is 29.9 Å². The molecule has 166 valence electrons. The van der Waals surface area contributed by atoms with E-state index >= 15 is 0 Å². The predicted octanol–water partition coefficient (Wildman–Crippen LogP) is 5.45. The Balaban J connectivity index is 1.56. The zero-order valence-electron chi connectivity index (χ0n) is 17.7. The Morgan fingerprint density at radius 1 is 1.27 bits per heavy atom. The van der Waals surface area contributed by atoms with Gasteiger partial charge in [0.2, 0.25) is 11.5 Å². The third-order valence-corrected chi connectivity index (χ3v) is 5.25. The zero-order valence-corrected chi connectivity index (χ0v) is 19.3. The second kappa shape index (κ2) is 9.26. The van der Waals surface area contributed by atoms with Crippen LogP contribution in [0.2, 0.25) is 0 Å². The van der Waals surface area contributed by atoms with Crippen LogP contribution in [0.25, 0.3) is 27.7 Å². The number of ether oxygens (including phenoxy) is 1. The summed E-state index contributed by atoms with van der Waals surface area (Å²) in [6, 6.07) is 12.2. The van der Waals surface area contributed by atoms with Crippen LogP contribution in [0.4, 0.5) is 5.69 Å². The predicted molar refractivity (Wildman–Crippen MR) is 123 cm³/mol. The summed E-state index contributed by atoms with van der Waals surface area (Å²) in [5.74, 6) is 0.125. The molecule has 0 fully saturated rings. The quantitative estimate of drug-likeness (QED) is 0.331. The minimum absolute atomic E-state index is 0.00446. The first-order valence-corrected chi connectivity index (χ1v) is 10.7. The van der Waals surface area contributed by atoms with Crippen LogP contribution in [0.5, 0.6) is 5.75 Å². The summed E-state index contributed by atoms with van der Waals surface area (Å²) in [5, 5.41) is 17.1. The maximum Gasteiger partial charge on any atom is 0.356 e. The van der Waals surface area contributed by atoms with Gasteiger partial charge in [-0.3, -0.25) is 4.68 Å². The third kappa shape index (κ3) is 4.94. The van der Waals surface area contributed by atoms with Gasteiger partial charge in [0, 0.05) is 21.8 Å². The monoisotopic (exact) mass is 507 g/mol. The van der Waals surface area contributed by atoms with Gasteiger partial charge in [0.25, 0.3) is 5.89 Å². The SMILES string of the molecule is [C-]#[N+]c1cc(-c2nc(-c3ccc(Cn4ccc(C(=O)O)n4)cc3Br)no2)ccc1OC(C)C. The van der Waals surface area contributed by atoms with Crippen molar-refractivity contribution in [2.45, 2.75) is 26.5 Å². The van der Waals surface area contributed by atoms with Crippen LogP contribution in [0.3, 0.4) is 0 Å². The fraction of sp³-hybridized carbons (Fsp3) is 0.174. The second-order valence-corrected chi connectivity index (χ2v) is 8.26. The lowest BCUT2D eigenvalue weighted by molar-refractivity contribution is 0.0689. The number of carbonyl (C=O) groups is 1. The fourth-order valence-corrected chi connectivity index (χ4v) is 3.73. The Bertz CT molecular complexity index is 1370. The molecule has 10 heteroatoms. The average molecular weight is 508 g/mol. The Labute approximate surface area is 197 Å². The molecule has 0 saturated carbocycles. The molecule has 0 radical (unpaired) electrons. The Morgan fingerprint density at radius 3 is 2.76 bits per heavy atom. The molecule has 33 heavy (non-hydrogen) atoms. The standard InChI is InChI=1S/C23H18BrN5O4/c1-13(2)32-20-7-5-15(11-19(20)25-3)22-26-21(28-33-22)16-6-4-14(10-17(16)24)12-29-9-8-18(27-29)23(30)31/h4-11,13H,12H2,1-2H3,(H,30,31). The van der Waals surface area contributed by atoms with Gasteiger partial charge < -0.3 is 14.4 Å². The molecule has 0 bridgehead atoms. The molecular formula is C23H18BrN5O4. The van der Waals surface area contributed by atoms with E-state index in [-0.39, 0.29) is 11.8 Å². The average Bonchev–Trinajstić information content (AvgIpc) is 3.44. The first-order valence-electron chi connectivity index (χ1n) is 9.92. The summed E-state index contributed by atoms with van der Waals surface area (Å²) in [7, 11) is 0. The minimum atomic E-state index is -1.07. The topological polar surface area (TPSA) is 108 Å². The van der Waals surface area contributed by atoms with Gasteiger partial charge in [0.1, 0.15) is 5.75 Å². The Hall–Kier alpha value is -3.97. The number of rotatable bonds is 7. The van der Waals surface area contributed by atoms with Crippen molar-refractivity contribution in [2.24, 2.45) is 0 Å². The maximum atomic E-state index is 11.0. The van der Waals surface area contributed by atoms with E-state index in [0.29, 0.717) is 35.3 Å². The number of nitrogens with zero attached hydrogens (tertiary/aromatic N) is 5. The highest BCUT2D eigenvalue weighted by atomic mass is 79.9. The van der Waals surface area contributed by atoms with Crippen LogP contribution < -0.4 is 4.74 Å². The van der Waals surface area contributed by atoms with E-state index < -0.39 is 5.97 Å². The Morgan fingerprint density at radius 2 is 2.09 bits per heavy atom. The van der Waals surface area contributed by atoms with Crippen molar-refractivity contribution >= 4 is 27.6 Å². The highest BCUT2D eigenvalue weighted by molar-refractivity contribution is 9.10. The third-order valence-electron chi connectivity index (χ3n) is 4.59. The van der Waals surface area contributed by atoms with Gasteiger partial charge in [-0.2, -0.15) is 10.1 Å². The molecule has 0 aliphatic heterocycles. The fourth-order valence-electron chi connectivity index (χ4n) is 3.13. The first kappa shape index (κ1) is 22.2. The molecule has 2 heterocycles. The molecule has 0 spiro atoms. The highest BCUT2D eigenvalue weighted by Crippen LogP contribution is 2.34. The first-order chi connectivity index (χ1) is 15.8. The van der Waals surface area contributed by atoms with Crippen molar-refractivity contribution in [2.75, 3.05) is 0 Å². The van der Waals surface area contributed by atoms with Crippen molar-refractivity contribution in [1.82, 2.24) is 19.9 Å². The highest BCUT2D eigenvalue weighted by Gasteiger charge is 2.16. The van der Waals surface area contributed by atoms with Gasteiger partial charge in [-0.05, 0) is 55.8 Å². The summed E-state index contributed by atoms with van der Waals surface area (Å²) in [6.45, 7) is 11.6. The van der Waals surface area contributed by atoms with E-state index in [4.69, 9.17) is 20.9 Å². The van der Waals surface area contributed by atoms with Crippen molar-refractivity contribution < 1.29 is 19.2 Å². The van der Waals surface area contributed by atoms with Crippen molar-refractivity contribution in [1.29, 1.82) is 0 Å². The van der Waals surface area contributed by atoms with Crippen LogP contribution in [-0.2, 0) is 6.54 Å². The van der Waals surface area contributed by atoms with E-state index in [1.54, 1.807) is 29.1 Å². The molecule has 0 unspecified atom stereocenters. The van der Waals surface area contributed by atoms with Crippen LogP contribution in [-0.4, -0.2) is 37.1 Å². The van der Waals surface area contributed by atoms with Crippen molar-refractivity contribution in [3.8, 4) is 28.6 Å². The number of carboxylic acid groups (broad SMARTS) is 1. The number of benzene rings is 2. The lowest BCUT2D eigenvalue weighted by Gasteiger charge is -2.11. The van der Waals surface area contributed by atoms with Gasteiger partial charge in [-0.25, -0.2) is 9.64 Å². The molecule has 0 amide bonds. The number of hydrogen-bond acceptors (Lipinski definition) is 6. The largest absolute Gasteiger partial charge is 0.502 e. The molecule has 4 rings (SSSR count). The van der Waals surface area contributed by atoms with Crippen LogP contribution >= 0.6 is 15.9 Å². The lowest BCUT2D eigenvalue weighted by atomic mass is 10.1. The van der Waals surface area contributed by atoms with E-state index in [9.17, 15) is 4.79 Å². The van der Waals surface area contributed by atoms with E-state index in [0.717, 1.165) is 15.6 Å². The molecule has 9 nitrogen and oxygen atoms in total. The normalized spacial score (nSPS) is 10.9. The Kier molecular flexibility index (Phi) is 6.24. The number of carboxylic acids is 1. The molecule has 0 aliphatic rings. The number of aromatic nitrogens is 4. The van der Waals surface area contributed by atoms with Crippen LogP contribution in [0, 0.1) is 6.57 Å². The lowest BCUT2D eigenvalue weighted by Crippen LogP contribution is -2.05. The minimum Gasteiger partial charge on any atom is -0.502 e. The van der Waals surface area contributed by atoms with Crippen molar-refractivity contribution in [3.63, 3.8) is 0 Å². The molecule has 4 aromatic rings. The molecule has 0 saturated heterocycles. The van der Waals surface area contributed by atoms with Gasteiger partial charge >= 0.3 is 5.97 Å². The molecule has 1 N–H and O–H groups in total.